The number of rotatable bonds is 4. The first-order chi connectivity index (χ1) is 9.16. The minimum Gasteiger partial charge on any atom is -0.445 e. The molecule has 1 fully saturated rings. The van der Waals surface area contributed by atoms with Gasteiger partial charge in [-0.3, -0.25) is 14.5 Å². The summed E-state index contributed by atoms with van der Waals surface area (Å²) in [5.74, 6) is -0.540. The van der Waals surface area contributed by atoms with Crippen molar-refractivity contribution in [3.05, 3.63) is 35.9 Å². The Morgan fingerprint density at radius 3 is 2.42 bits per heavy atom. The topological polar surface area (TPSA) is 75.7 Å². The third-order valence-corrected chi connectivity index (χ3v) is 2.75. The molecule has 1 aliphatic rings. The lowest BCUT2D eigenvalue weighted by Gasteiger charge is -2.14. The number of hydrogen-bond donors (Lipinski definition) is 1. The predicted molar refractivity (Wildman–Crippen MR) is 65.7 cm³/mol. The molecule has 0 saturated carbocycles. The molecular formula is C13H14N2O4. The fourth-order valence-corrected chi connectivity index (χ4v) is 1.72. The van der Waals surface area contributed by atoms with Crippen LogP contribution in [0, 0.1) is 0 Å². The van der Waals surface area contributed by atoms with Crippen LogP contribution in [0.4, 0.5) is 4.79 Å². The zero-order chi connectivity index (χ0) is 13.7. The Hall–Kier alpha value is -2.37. The van der Waals surface area contributed by atoms with Gasteiger partial charge < -0.3 is 10.1 Å². The van der Waals surface area contributed by atoms with Crippen molar-refractivity contribution in [2.24, 2.45) is 0 Å². The highest BCUT2D eigenvalue weighted by molar-refractivity contribution is 6.02. The Bertz CT molecular complexity index is 471. The van der Waals surface area contributed by atoms with Gasteiger partial charge in [0.05, 0.1) is 0 Å². The van der Waals surface area contributed by atoms with E-state index < -0.39 is 6.09 Å². The number of likely N-dealkylation sites (tertiary alicyclic amines) is 1. The van der Waals surface area contributed by atoms with Crippen molar-refractivity contribution in [2.75, 3.05) is 6.67 Å². The summed E-state index contributed by atoms with van der Waals surface area (Å²) in [6, 6.07) is 9.23. The fraction of sp³-hybridized carbons (Fsp3) is 0.308. The number of hydrogen-bond acceptors (Lipinski definition) is 4. The highest BCUT2D eigenvalue weighted by atomic mass is 16.5. The standard InChI is InChI=1S/C13H14N2O4/c16-11-6-7-12(17)15(11)9-14-13(18)19-8-10-4-2-1-3-5-10/h1-5H,6-9H2,(H,14,18). The van der Waals surface area contributed by atoms with Crippen molar-refractivity contribution in [3.8, 4) is 0 Å². The van der Waals surface area contributed by atoms with Gasteiger partial charge in [0, 0.05) is 12.8 Å². The monoisotopic (exact) mass is 262 g/mol. The first-order valence-electron chi connectivity index (χ1n) is 5.94. The van der Waals surface area contributed by atoms with Crippen molar-refractivity contribution in [3.63, 3.8) is 0 Å². The van der Waals surface area contributed by atoms with Gasteiger partial charge in [0.2, 0.25) is 11.8 Å². The second-order valence-corrected chi connectivity index (χ2v) is 4.11. The SMILES string of the molecule is O=C(NCN1C(=O)CCC1=O)OCc1ccccc1. The average molecular weight is 262 g/mol. The molecule has 2 rings (SSSR count). The van der Waals surface area contributed by atoms with Crippen LogP contribution in [-0.4, -0.2) is 29.5 Å². The molecule has 6 heteroatoms. The second-order valence-electron chi connectivity index (χ2n) is 4.11. The summed E-state index contributed by atoms with van der Waals surface area (Å²) in [5, 5.41) is 2.38. The van der Waals surface area contributed by atoms with Crippen LogP contribution in [0.3, 0.4) is 0 Å². The molecule has 1 aromatic rings. The maximum absolute atomic E-state index is 11.4. The first-order valence-corrected chi connectivity index (χ1v) is 5.94. The van der Waals surface area contributed by atoms with E-state index in [1.165, 1.54) is 0 Å². The number of carbonyl (C=O) groups excluding carboxylic acids is 3. The van der Waals surface area contributed by atoms with E-state index in [4.69, 9.17) is 4.74 Å². The molecule has 19 heavy (non-hydrogen) atoms. The number of nitrogens with one attached hydrogen (secondary N) is 1. The summed E-state index contributed by atoms with van der Waals surface area (Å²) in [6.45, 7) is 0.0137. The highest BCUT2D eigenvalue weighted by Gasteiger charge is 2.28. The zero-order valence-electron chi connectivity index (χ0n) is 10.3. The Balaban J connectivity index is 1.73. The number of imide groups is 1. The lowest BCUT2D eigenvalue weighted by atomic mass is 10.2. The summed E-state index contributed by atoms with van der Waals surface area (Å²) in [7, 11) is 0. The van der Waals surface area contributed by atoms with Gasteiger partial charge in [-0.15, -0.1) is 0 Å². The molecular weight excluding hydrogens is 248 g/mol. The van der Waals surface area contributed by atoms with Crippen LogP contribution in [0.25, 0.3) is 0 Å². The van der Waals surface area contributed by atoms with Crippen LogP contribution < -0.4 is 5.32 Å². The Kier molecular flexibility index (Phi) is 4.12. The third kappa shape index (κ3) is 3.54. The van der Waals surface area contributed by atoms with Crippen LogP contribution in [0.1, 0.15) is 18.4 Å². The predicted octanol–water partition coefficient (Wildman–Crippen LogP) is 1.02. The molecule has 6 nitrogen and oxygen atoms in total. The molecule has 1 aliphatic heterocycles. The first kappa shape index (κ1) is 13.1. The quantitative estimate of drug-likeness (QED) is 0.822. The minimum atomic E-state index is -0.656. The van der Waals surface area contributed by atoms with Crippen molar-refractivity contribution < 1.29 is 19.1 Å². The fourth-order valence-electron chi connectivity index (χ4n) is 1.72. The third-order valence-electron chi connectivity index (χ3n) is 2.75. The zero-order valence-corrected chi connectivity index (χ0v) is 10.3. The van der Waals surface area contributed by atoms with Gasteiger partial charge in [-0.05, 0) is 5.56 Å². The number of amides is 3. The van der Waals surface area contributed by atoms with Gasteiger partial charge in [0.1, 0.15) is 13.3 Å². The molecule has 0 aromatic heterocycles. The van der Waals surface area contributed by atoms with E-state index in [1.807, 2.05) is 30.3 Å². The van der Waals surface area contributed by atoms with E-state index >= 15 is 0 Å². The van der Waals surface area contributed by atoms with Crippen LogP contribution in [-0.2, 0) is 20.9 Å². The van der Waals surface area contributed by atoms with E-state index in [9.17, 15) is 14.4 Å². The summed E-state index contributed by atoms with van der Waals surface area (Å²) in [5.41, 5.74) is 0.867. The van der Waals surface area contributed by atoms with Gasteiger partial charge in [-0.1, -0.05) is 30.3 Å². The molecule has 0 spiro atoms. The summed E-state index contributed by atoms with van der Waals surface area (Å²) < 4.78 is 4.96. The normalized spacial score (nSPS) is 14.6. The van der Waals surface area contributed by atoms with E-state index in [1.54, 1.807) is 0 Å². The smallest absolute Gasteiger partial charge is 0.408 e. The Morgan fingerprint density at radius 1 is 1.16 bits per heavy atom. The van der Waals surface area contributed by atoms with E-state index in [0.717, 1.165) is 10.5 Å². The lowest BCUT2D eigenvalue weighted by molar-refractivity contribution is -0.138. The molecule has 0 atom stereocenters. The highest BCUT2D eigenvalue weighted by Crippen LogP contribution is 2.09. The van der Waals surface area contributed by atoms with Gasteiger partial charge >= 0.3 is 6.09 Å². The van der Waals surface area contributed by atoms with Crippen LogP contribution >= 0.6 is 0 Å². The van der Waals surface area contributed by atoms with E-state index in [0.29, 0.717) is 0 Å². The molecule has 3 amide bonds. The molecule has 100 valence electrons. The maximum Gasteiger partial charge on any atom is 0.408 e. The summed E-state index contributed by atoms with van der Waals surface area (Å²) >= 11 is 0. The van der Waals surface area contributed by atoms with Gasteiger partial charge in [0.15, 0.2) is 0 Å². The lowest BCUT2D eigenvalue weighted by Crippen LogP contribution is -2.40. The Morgan fingerprint density at radius 2 is 1.79 bits per heavy atom. The number of benzene rings is 1. The van der Waals surface area contributed by atoms with Crippen LogP contribution in [0.5, 0.6) is 0 Å². The average Bonchev–Trinajstić information content (AvgIpc) is 2.75. The number of nitrogens with zero attached hydrogens (tertiary/aromatic N) is 1. The molecule has 0 bridgehead atoms. The summed E-state index contributed by atoms with van der Waals surface area (Å²) in [4.78, 5) is 35.0. The van der Waals surface area contributed by atoms with E-state index in [-0.39, 0.29) is 37.9 Å². The number of carbonyl (C=O) groups is 3. The second kappa shape index (κ2) is 5.99. The van der Waals surface area contributed by atoms with Gasteiger partial charge in [-0.2, -0.15) is 0 Å². The molecule has 1 heterocycles. The Labute approximate surface area is 110 Å². The summed E-state index contributed by atoms with van der Waals surface area (Å²) in [6.07, 6.45) is -0.240. The van der Waals surface area contributed by atoms with Crippen molar-refractivity contribution in [1.82, 2.24) is 10.2 Å². The molecule has 0 aliphatic carbocycles. The van der Waals surface area contributed by atoms with Crippen LogP contribution in [0.2, 0.25) is 0 Å². The van der Waals surface area contributed by atoms with Crippen molar-refractivity contribution in [1.29, 1.82) is 0 Å². The van der Waals surface area contributed by atoms with Crippen molar-refractivity contribution >= 4 is 17.9 Å². The molecule has 1 N–H and O–H groups in total. The van der Waals surface area contributed by atoms with E-state index in [2.05, 4.69) is 5.32 Å². The van der Waals surface area contributed by atoms with Crippen LogP contribution in [0.15, 0.2) is 30.3 Å². The minimum absolute atomic E-state index is 0.134. The molecule has 1 saturated heterocycles. The molecule has 1 aromatic carbocycles. The largest absolute Gasteiger partial charge is 0.445 e. The maximum atomic E-state index is 11.4. The molecule has 0 unspecified atom stereocenters. The van der Waals surface area contributed by atoms with Crippen molar-refractivity contribution in [2.45, 2.75) is 19.4 Å². The molecule has 0 radical (unpaired) electrons. The van der Waals surface area contributed by atoms with Gasteiger partial charge in [0.25, 0.3) is 0 Å². The number of alkyl carbamates (subject to hydrolysis) is 1. The van der Waals surface area contributed by atoms with Gasteiger partial charge in [-0.25, -0.2) is 4.79 Å². The number of ether oxygens (including phenoxy) is 1.